The van der Waals surface area contributed by atoms with Gasteiger partial charge in [0.15, 0.2) is 0 Å². The molecule has 0 radical (unpaired) electrons. The average Bonchev–Trinajstić information content (AvgIpc) is 2.76. The van der Waals surface area contributed by atoms with Crippen molar-refractivity contribution >= 4 is 50.5 Å². The van der Waals surface area contributed by atoms with Crippen molar-refractivity contribution in [1.29, 1.82) is 0 Å². The van der Waals surface area contributed by atoms with E-state index < -0.39 is 22.5 Å². The molecule has 0 saturated carbocycles. The van der Waals surface area contributed by atoms with Crippen LogP contribution >= 0.6 is 23.2 Å². The fraction of sp³-hybridized carbons (Fsp3) is 0.174. The highest BCUT2D eigenvalue weighted by molar-refractivity contribution is 7.92. The third-order valence-corrected chi connectivity index (χ3v) is 6.86. The summed E-state index contributed by atoms with van der Waals surface area (Å²) in [6, 6.07) is 17.5. The summed E-state index contributed by atoms with van der Waals surface area (Å²) in [7, 11) is -4.11. The maximum Gasteiger partial charge on any atom is 0.264 e. The number of benzene rings is 3. The van der Waals surface area contributed by atoms with Crippen LogP contribution in [0, 0.1) is 6.92 Å². The number of anilines is 2. The number of carbonyl (C=O) groups is 1. The van der Waals surface area contributed by atoms with E-state index in [-0.39, 0.29) is 10.6 Å². The Labute approximate surface area is 197 Å². The van der Waals surface area contributed by atoms with Crippen molar-refractivity contribution in [3.63, 3.8) is 0 Å². The van der Waals surface area contributed by atoms with E-state index in [1.165, 1.54) is 24.3 Å². The summed E-state index contributed by atoms with van der Waals surface area (Å²) in [4.78, 5) is 12.9. The summed E-state index contributed by atoms with van der Waals surface area (Å²) < 4.78 is 33.7. The zero-order chi connectivity index (χ0) is 23.3. The molecule has 3 aromatic carbocycles. The van der Waals surface area contributed by atoms with Gasteiger partial charge < -0.3 is 10.1 Å². The van der Waals surface area contributed by atoms with Gasteiger partial charge in [0.2, 0.25) is 5.91 Å². The molecule has 0 unspecified atom stereocenters. The molecule has 0 heterocycles. The zero-order valence-corrected chi connectivity index (χ0v) is 19.8. The number of para-hydroxylation sites is 2. The van der Waals surface area contributed by atoms with Crippen molar-refractivity contribution in [1.82, 2.24) is 0 Å². The normalized spacial score (nSPS) is 11.1. The molecule has 168 valence electrons. The van der Waals surface area contributed by atoms with Crippen LogP contribution in [0.5, 0.6) is 5.75 Å². The molecule has 0 atom stereocenters. The summed E-state index contributed by atoms with van der Waals surface area (Å²) in [6.07, 6.45) is 0. The summed E-state index contributed by atoms with van der Waals surface area (Å²) in [5.41, 5.74) is 1.55. The van der Waals surface area contributed by atoms with Crippen LogP contribution in [0.15, 0.2) is 71.6 Å². The molecule has 0 bridgehead atoms. The first-order valence-corrected chi connectivity index (χ1v) is 12.0. The predicted octanol–water partition coefficient (Wildman–Crippen LogP) is 5.53. The third kappa shape index (κ3) is 5.54. The van der Waals surface area contributed by atoms with Crippen LogP contribution in [0.25, 0.3) is 0 Å². The molecule has 0 fully saturated rings. The van der Waals surface area contributed by atoms with Crippen molar-refractivity contribution in [2.45, 2.75) is 18.7 Å². The van der Waals surface area contributed by atoms with Gasteiger partial charge in [-0.1, -0.05) is 41.4 Å². The lowest BCUT2D eigenvalue weighted by Crippen LogP contribution is -2.38. The Morgan fingerprint density at radius 3 is 2.34 bits per heavy atom. The van der Waals surface area contributed by atoms with Crippen LogP contribution in [0.2, 0.25) is 10.0 Å². The van der Waals surface area contributed by atoms with E-state index >= 15 is 0 Å². The summed E-state index contributed by atoms with van der Waals surface area (Å²) in [5, 5.41) is 3.60. The number of nitrogens with one attached hydrogen (secondary N) is 1. The molecular formula is C23H22Cl2N2O4S. The molecule has 0 aliphatic heterocycles. The van der Waals surface area contributed by atoms with Crippen LogP contribution < -0.4 is 14.4 Å². The average molecular weight is 493 g/mol. The minimum absolute atomic E-state index is 0.0000577. The number of sulfonamides is 1. The largest absolute Gasteiger partial charge is 0.492 e. The highest BCUT2D eigenvalue weighted by atomic mass is 35.5. The molecule has 32 heavy (non-hydrogen) atoms. The topological polar surface area (TPSA) is 75.7 Å². The molecule has 1 N–H and O–H groups in total. The number of hydrogen-bond donors (Lipinski definition) is 1. The van der Waals surface area contributed by atoms with Crippen molar-refractivity contribution < 1.29 is 17.9 Å². The van der Waals surface area contributed by atoms with Gasteiger partial charge in [0.1, 0.15) is 12.3 Å². The molecule has 9 heteroatoms. The van der Waals surface area contributed by atoms with Gasteiger partial charge in [-0.2, -0.15) is 0 Å². The van der Waals surface area contributed by atoms with Crippen LogP contribution in [0.1, 0.15) is 12.5 Å². The van der Waals surface area contributed by atoms with Crippen LogP contribution in [-0.2, 0) is 14.8 Å². The summed E-state index contributed by atoms with van der Waals surface area (Å²) >= 11 is 12.0. The standard InChI is InChI=1S/C23H22Cl2N2O4S/c1-3-31-22-7-5-4-6-21(22)27(32(29,30)19-12-10-17(24)11-13-19)15-23(28)26-20-14-18(25)9-8-16(20)2/h4-14H,3,15H2,1-2H3,(H,26,28). The molecule has 3 aromatic rings. The quantitative estimate of drug-likeness (QED) is 0.448. The minimum atomic E-state index is -4.11. The van der Waals surface area contributed by atoms with Gasteiger partial charge in [-0.15, -0.1) is 0 Å². The Bertz CT molecular complexity index is 1210. The number of amides is 1. The molecule has 6 nitrogen and oxygen atoms in total. The summed E-state index contributed by atoms with van der Waals surface area (Å²) in [5.74, 6) is -0.182. The van der Waals surface area contributed by atoms with Crippen molar-refractivity contribution in [2.75, 3.05) is 22.8 Å². The molecule has 0 saturated heterocycles. The van der Waals surface area contributed by atoms with E-state index in [2.05, 4.69) is 5.32 Å². The monoisotopic (exact) mass is 492 g/mol. The fourth-order valence-corrected chi connectivity index (χ4v) is 4.75. The van der Waals surface area contributed by atoms with Crippen molar-refractivity contribution in [2.24, 2.45) is 0 Å². The van der Waals surface area contributed by atoms with E-state index in [0.717, 1.165) is 9.87 Å². The number of ether oxygens (including phenoxy) is 1. The molecule has 1 amide bonds. The van der Waals surface area contributed by atoms with Gasteiger partial charge in [-0.3, -0.25) is 9.10 Å². The second-order valence-electron chi connectivity index (χ2n) is 6.87. The smallest absolute Gasteiger partial charge is 0.264 e. The number of hydrogen-bond acceptors (Lipinski definition) is 4. The lowest BCUT2D eigenvalue weighted by Gasteiger charge is -2.26. The molecular weight excluding hydrogens is 471 g/mol. The zero-order valence-electron chi connectivity index (χ0n) is 17.5. The minimum Gasteiger partial charge on any atom is -0.492 e. The van der Waals surface area contributed by atoms with Crippen LogP contribution in [-0.4, -0.2) is 27.5 Å². The van der Waals surface area contributed by atoms with Gasteiger partial charge >= 0.3 is 0 Å². The molecule has 0 aromatic heterocycles. The van der Waals surface area contributed by atoms with E-state index in [9.17, 15) is 13.2 Å². The van der Waals surface area contributed by atoms with Gasteiger partial charge in [-0.05, 0) is 67.9 Å². The predicted molar refractivity (Wildman–Crippen MR) is 128 cm³/mol. The number of halogens is 2. The highest BCUT2D eigenvalue weighted by Gasteiger charge is 2.29. The highest BCUT2D eigenvalue weighted by Crippen LogP contribution is 2.33. The lowest BCUT2D eigenvalue weighted by atomic mass is 10.2. The van der Waals surface area contributed by atoms with Crippen LogP contribution in [0.3, 0.4) is 0 Å². The second kappa shape index (κ2) is 10.3. The third-order valence-electron chi connectivity index (χ3n) is 4.60. The Balaban J connectivity index is 2.02. The molecule has 0 spiro atoms. The van der Waals surface area contributed by atoms with Gasteiger partial charge in [0, 0.05) is 15.7 Å². The van der Waals surface area contributed by atoms with E-state index in [0.29, 0.717) is 28.1 Å². The van der Waals surface area contributed by atoms with Crippen molar-refractivity contribution in [3.8, 4) is 5.75 Å². The van der Waals surface area contributed by atoms with E-state index in [1.807, 2.05) is 6.92 Å². The van der Waals surface area contributed by atoms with Crippen LogP contribution in [0.4, 0.5) is 11.4 Å². The van der Waals surface area contributed by atoms with Gasteiger partial charge in [0.05, 0.1) is 17.2 Å². The number of carbonyl (C=O) groups excluding carboxylic acids is 1. The number of aryl methyl sites for hydroxylation is 1. The number of rotatable bonds is 8. The van der Waals surface area contributed by atoms with Gasteiger partial charge in [-0.25, -0.2) is 8.42 Å². The molecule has 0 aliphatic rings. The Hall–Kier alpha value is -2.74. The van der Waals surface area contributed by atoms with Crippen molar-refractivity contribution in [3.05, 3.63) is 82.3 Å². The maximum atomic E-state index is 13.5. The van der Waals surface area contributed by atoms with E-state index in [4.69, 9.17) is 27.9 Å². The van der Waals surface area contributed by atoms with E-state index in [1.54, 1.807) is 49.4 Å². The second-order valence-corrected chi connectivity index (χ2v) is 9.61. The Morgan fingerprint density at radius 1 is 1.00 bits per heavy atom. The number of nitrogens with zero attached hydrogens (tertiary/aromatic N) is 1. The SMILES string of the molecule is CCOc1ccccc1N(CC(=O)Nc1cc(Cl)ccc1C)S(=O)(=O)c1ccc(Cl)cc1. The maximum absolute atomic E-state index is 13.5. The Morgan fingerprint density at radius 2 is 1.66 bits per heavy atom. The summed E-state index contributed by atoms with van der Waals surface area (Å²) in [6.45, 7) is 3.47. The molecule has 3 rings (SSSR count). The first kappa shape index (κ1) is 23.9. The molecule has 0 aliphatic carbocycles. The lowest BCUT2D eigenvalue weighted by molar-refractivity contribution is -0.114. The first-order valence-electron chi connectivity index (χ1n) is 9.78. The van der Waals surface area contributed by atoms with Gasteiger partial charge in [0.25, 0.3) is 10.0 Å². The Kier molecular flexibility index (Phi) is 7.66. The first-order chi connectivity index (χ1) is 15.2. The fourth-order valence-electron chi connectivity index (χ4n) is 3.02.